The van der Waals surface area contributed by atoms with Crippen LogP contribution < -0.4 is 0 Å². The van der Waals surface area contributed by atoms with Gasteiger partial charge in [-0.3, -0.25) is 4.79 Å². The van der Waals surface area contributed by atoms with Crippen molar-refractivity contribution < 1.29 is 9.53 Å². The Balaban J connectivity index is 1.69. The van der Waals surface area contributed by atoms with Gasteiger partial charge in [0.15, 0.2) is 0 Å². The van der Waals surface area contributed by atoms with E-state index in [2.05, 4.69) is 9.97 Å². The first-order chi connectivity index (χ1) is 11.2. The van der Waals surface area contributed by atoms with Gasteiger partial charge in [0.2, 0.25) is 5.91 Å². The van der Waals surface area contributed by atoms with Crippen molar-refractivity contribution in [2.75, 3.05) is 26.3 Å². The Morgan fingerprint density at radius 1 is 1.22 bits per heavy atom. The topological polar surface area (TPSA) is 55.3 Å². The maximum Gasteiger partial charge on any atom is 0.235 e. The summed E-state index contributed by atoms with van der Waals surface area (Å²) in [4.78, 5) is 22.9. The molecule has 0 N–H and O–H groups in total. The van der Waals surface area contributed by atoms with E-state index in [0.29, 0.717) is 26.3 Å². The average Bonchev–Trinajstić information content (AvgIpc) is 2.63. The van der Waals surface area contributed by atoms with Crippen molar-refractivity contribution in [3.63, 3.8) is 0 Å². The highest BCUT2D eigenvalue weighted by Gasteiger charge is 2.23. The van der Waals surface area contributed by atoms with E-state index in [1.807, 2.05) is 48.2 Å². The van der Waals surface area contributed by atoms with Crippen LogP contribution in [0, 0.1) is 0 Å². The van der Waals surface area contributed by atoms with Crippen molar-refractivity contribution in [1.82, 2.24) is 14.9 Å². The molecule has 6 heteroatoms. The summed E-state index contributed by atoms with van der Waals surface area (Å²) in [6.45, 7) is 4.50. The number of ether oxygens (including phenoxy) is 1. The Hall–Kier alpha value is -1.92. The van der Waals surface area contributed by atoms with Crippen LogP contribution >= 0.6 is 11.8 Å². The van der Waals surface area contributed by atoms with Crippen LogP contribution in [0.3, 0.4) is 0 Å². The zero-order valence-corrected chi connectivity index (χ0v) is 13.8. The van der Waals surface area contributed by atoms with Crippen LogP contribution in [0.25, 0.3) is 11.3 Å². The second-order valence-electron chi connectivity index (χ2n) is 5.31. The lowest BCUT2D eigenvalue weighted by atomic mass is 10.1. The minimum atomic E-state index is -0.174. The maximum absolute atomic E-state index is 12.5. The summed E-state index contributed by atoms with van der Waals surface area (Å²) >= 11 is 1.47. The molecule has 1 aromatic carbocycles. The number of morpholine rings is 1. The smallest absolute Gasteiger partial charge is 0.235 e. The van der Waals surface area contributed by atoms with Crippen molar-refractivity contribution in [1.29, 1.82) is 0 Å². The first-order valence-electron chi connectivity index (χ1n) is 7.65. The van der Waals surface area contributed by atoms with Gasteiger partial charge in [-0.15, -0.1) is 0 Å². The molecule has 23 heavy (non-hydrogen) atoms. The van der Waals surface area contributed by atoms with Crippen LogP contribution in [-0.4, -0.2) is 52.3 Å². The molecule has 1 saturated heterocycles. The summed E-state index contributed by atoms with van der Waals surface area (Å²) in [5, 5.41) is 0.639. The number of thioether (sulfide) groups is 1. The standard InChI is InChI=1S/C17H19N3O2S/c1-13(17(21)20-7-9-22-10-8-20)23-16-11-15(18-12-19-16)14-5-3-2-4-6-14/h2-6,11-13H,7-10H2,1H3/t13-/m0/s1. The van der Waals surface area contributed by atoms with E-state index in [1.54, 1.807) is 6.33 Å². The number of benzene rings is 1. The van der Waals surface area contributed by atoms with E-state index < -0.39 is 0 Å². The molecule has 1 aliphatic heterocycles. The summed E-state index contributed by atoms with van der Waals surface area (Å²) in [5.41, 5.74) is 1.91. The van der Waals surface area contributed by atoms with Gasteiger partial charge in [-0.25, -0.2) is 9.97 Å². The number of hydrogen-bond acceptors (Lipinski definition) is 5. The molecule has 5 nitrogen and oxygen atoms in total. The van der Waals surface area contributed by atoms with Crippen molar-refractivity contribution in [3.8, 4) is 11.3 Å². The fraction of sp³-hybridized carbons (Fsp3) is 0.353. The van der Waals surface area contributed by atoms with Crippen LogP contribution in [0.15, 0.2) is 47.8 Å². The maximum atomic E-state index is 12.5. The molecule has 0 unspecified atom stereocenters. The van der Waals surface area contributed by atoms with Crippen molar-refractivity contribution in [2.24, 2.45) is 0 Å². The molecule has 1 aromatic heterocycles. The van der Waals surface area contributed by atoms with Gasteiger partial charge >= 0.3 is 0 Å². The van der Waals surface area contributed by atoms with E-state index in [-0.39, 0.29) is 11.2 Å². The van der Waals surface area contributed by atoms with Gasteiger partial charge in [0.05, 0.1) is 24.2 Å². The summed E-state index contributed by atoms with van der Waals surface area (Å²) in [6, 6.07) is 11.9. The van der Waals surface area contributed by atoms with E-state index in [4.69, 9.17) is 4.74 Å². The molecular weight excluding hydrogens is 310 g/mol. The van der Waals surface area contributed by atoms with Crippen LogP contribution in [-0.2, 0) is 9.53 Å². The third-order valence-electron chi connectivity index (χ3n) is 3.68. The van der Waals surface area contributed by atoms with Crippen LogP contribution in [0.2, 0.25) is 0 Å². The highest BCUT2D eigenvalue weighted by atomic mass is 32.2. The quantitative estimate of drug-likeness (QED) is 0.637. The molecule has 0 saturated carbocycles. The van der Waals surface area contributed by atoms with E-state index in [0.717, 1.165) is 16.3 Å². The molecule has 1 fully saturated rings. The van der Waals surface area contributed by atoms with E-state index in [1.165, 1.54) is 11.8 Å². The molecule has 0 spiro atoms. The lowest BCUT2D eigenvalue weighted by Crippen LogP contribution is -2.44. The van der Waals surface area contributed by atoms with Gasteiger partial charge in [0.1, 0.15) is 11.4 Å². The third kappa shape index (κ3) is 4.09. The number of carbonyl (C=O) groups is 1. The molecule has 0 bridgehead atoms. The van der Waals surface area contributed by atoms with Crippen LogP contribution in [0.4, 0.5) is 0 Å². The first kappa shape index (κ1) is 16.0. The third-order valence-corrected chi connectivity index (χ3v) is 4.70. The van der Waals surface area contributed by atoms with Gasteiger partial charge in [-0.1, -0.05) is 42.1 Å². The van der Waals surface area contributed by atoms with Crippen molar-refractivity contribution in [2.45, 2.75) is 17.2 Å². The lowest BCUT2D eigenvalue weighted by Gasteiger charge is -2.28. The Bertz CT molecular complexity index is 660. The summed E-state index contributed by atoms with van der Waals surface area (Å²) in [5.74, 6) is 0.137. The molecule has 120 valence electrons. The molecule has 1 amide bonds. The predicted octanol–water partition coefficient (Wildman–Crippen LogP) is 2.48. The zero-order valence-electron chi connectivity index (χ0n) is 13.0. The minimum Gasteiger partial charge on any atom is -0.378 e. The largest absolute Gasteiger partial charge is 0.378 e. The first-order valence-corrected chi connectivity index (χ1v) is 8.52. The SMILES string of the molecule is C[C@H](Sc1cc(-c2ccccc2)ncn1)C(=O)N1CCOCC1. The van der Waals surface area contributed by atoms with Crippen LogP contribution in [0.5, 0.6) is 0 Å². The number of rotatable bonds is 4. The van der Waals surface area contributed by atoms with Gasteiger partial charge in [0, 0.05) is 18.7 Å². The van der Waals surface area contributed by atoms with Crippen LogP contribution in [0.1, 0.15) is 6.92 Å². The monoisotopic (exact) mass is 329 g/mol. The number of carbonyl (C=O) groups excluding carboxylic acids is 1. The fourth-order valence-corrected chi connectivity index (χ4v) is 3.34. The average molecular weight is 329 g/mol. The number of nitrogens with zero attached hydrogens (tertiary/aromatic N) is 3. The summed E-state index contributed by atoms with van der Waals surface area (Å²) < 4.78 is 5.29. The molecule has 0 aliphatic carbocycles. The Morgan fingerprint density at radius 3 is 2.70 bits per heavy atom. The molecule has 3 rings (SSSR count). The van der Waals surface area contributed by atoms with Gasteiger partial charge in [-0.2, -0.15) is 0 Å². The predicted molar refractivity (Wildman–Crippen MR) is 90.2 cm³/mol. The molecule has 1 aliphatic rings. The second kappa shape index (κ2) is 7.57. The van der Waals surface area contributed by atoms with E-state index in [9.17, 15) is 4.79 Å². The number of aromatic nitrogens is 2. The van der Waals surface area contributed by atoms with Crippen molar-refractivity contribution >= 4 is 17.7 Å². The van der Waals surface area contributed by atoms with Crippen molar-refractivity contribution in [3.05, 3.63) is 42.7 Å². The van der Waals surface area contributed by atoms with Gasteiger partial charge in [-0.05, 0) is 13.0 Å². The second-order valence-corrected chi connectivity index (χ2v) is 6.67. The summed E-state index contributed by atoms with van der Waals surface area (Å²) in [6.07, 6.45) is 1.55. The lowest BCUT2D eigenvalue weighted by molar-refractivity contribution is -0.134. The molecule has 2 heterocycles. The normalized spacial score (nSPS) is 16.1. The number of amides is 1. The highest BCUT2D eigenvalue weighted by Crippen LogP contribution is 2.26. The molecule has 0 radical (unpaired) electrons. The molecule has 2 aromatic rings. The highest BCUT2D eigenvalue weighted by molar-refractivity contribution is 8.00. The Morgan fingerprint density at radius 2 is 1.96 bits per heavy atom. The van der Waals surface area contributed by atoms with E-state index >= 15 is 0 Å². The Kier molecular flexibility index (Phi) is 5.25. The molecule has 1 atom stereocenters. The summed E-state index contributed by atoms with van der Waals surface area (Å²) in [7, 11) is 0. The Labute approximate surface area is 140 Å². The van der Waals surface area contributed by atoms with Gasteiger partial charge in [0.25, 0.3) is 0 Å². The zero-order chi connectivity index (χ0) is 16.1. The number of hydrogen-bond donors (Lipinski definition) is 0. The van der Waals surface area contributed by atoms with Gasteiger partial charge < -0.3 is 9.64 Å². The minimum absolute atomic E-state index is 0.137. The fourth-order valence-electron chi connectivity index (χ4n) is 2.44. The molecular formula is C17H19N3O2S.